The van der Waals surface area contributed by atoms with Crippen LogP contribution >= 0.6 is 35.3 Å². The third kappa shape index (κ3) is 6.38. The quantitative estimate of drug-likeness (QED) is 0.295. The van der Waals surface area contributed by atoms with Gasteiger partial charge in [0.2, 0.25) is 0 Å². The van der Waals surface area contributed by atoms with Crippen LogP contribution in [0.25, 0.3) is 0 Å². The maximum absolute atomic E-state index is 13.5. The van der Waals surface area contributed by atoms with E-state index in [-0.39, 0.29) is 53.6 Å². The van der Waals surface area contributed by atoms with Crippen molar-refractivity contribution in [3.05, 3.63) is 51.5 Å². The molecule has 138 valence electrons. The Morgan fingerprint density at radius 1 is 1.20 bits per heavy atom. The zero-order valence-corrected chi connectivity index (χ0v) is 16.0. The van der Waals surface area contributed by atoms with Gasteiger partial charge < -0.3 is 10.6 Å². The van der Waals surface area contributed by atoms with Gasteiger partial charge in [-0.3, -0.25) is 4.99 Å². The molecule has 0 spiro atoms. The van der Waals surface area contributed by atoms with Crippen LogP contribution in [0.3, 0.4) is 0 Å². The molecule has 0 radical (unpaired) electrons. The largest absolute Gasteiger partial charge is 0.434 e. The third-order valence-electron chi connectivity index (χ3n) is 2.93. The summed E-state index contributed by atoms with van der Waals surface area (Å²) in [6.07, 6.45) is -4.48. The molecule has 0 bridgehead atoms. The molecule has 11 heteroatoms. The third-order valence-corrected chi connectivity index (χ3v) is 3.78. The van der Waals surface area contributed by atoms with E-state index in [9.17, 15) is 22.0 Å². The number of guanidine groups is 1. The summed E-state index contributed by atoms with van der Waals surface area (Å²) in [5.41, 5.74) is -0.847. The highest BCUT2D eigenvalue weighted by atomic mass is 127. The average molecular weight is 492 g/mol. The van der Waals surface area contributed by atoms with Crippen LogP contribution in [0.2, 0.25) is 0 Å². The van der Waals surface area contributed by atoms with E-state index in [0.29, 0.717) is 0 Å². The van der Waals surface area contributed by atoms with Gasteiger partial charge in [-0.15, -0.1) is 35.3 Å². The number of halogens is 6. The topological polar surface area (TPSA) is 49.3 Å². The van der Waals surface area contributed by atoms with Gasteiger partial charge in [0.25, 0.3) is 0 Å². The molecule has 1 aromatic carbocycles. The molecule has 2 aromatic rings. The number of thiazole rings is 1. The lowest BCUT2D eigenvalue weighted by atomic mass is 10.2. The summed E-state index contributed by atoms with van der Waals surface area (Å²) < 4.78 is 64.0. The first-order valence-electron chi connectivity index (χ1n) is 6.69. The van der Waals surface area contributed by atoms with Crippen molar-refractivity contribution >= 4 is 41.3 Å². The molecule has 1 aromatic heterocycles. The first kappa shape index (κ1) is 21.5. The van der Waals surface area contributed by atoms with Crippen LogP contribution < -0.4 is 10.6 Å². The summed E-state index contributed by atoms with van der Waals surface area (Å²) >= 11 is 0.862. The van der Waals surface area contributed by atoms with Crippen LogP contribution in [0.4, 0.5) is 22.0 Å². The van der Waals surface area contributed by atoms with E-state index in [4.69, 9.17) is 0 Å². The van der Waals surface area contributed by atoms with Gasteiger partial charge in [0.15, 0.2) is 11.7 Å². The minimum absolute atomic E-state index is 0. The van der Waals surface area contributed by atoms with Crippen molar-refractivity contribution in [3.63, 3.8) is 0 Å². The Morgan fingerprint density at radius 3 is 2.48 bits per heavy atom. The second-order valence-electron chi connectivity index (χ2n) is 4.64. The zero-order valence-electron chi connectivity index (χ0n) is 12.8. The van der Waals surface area contributed by atoms with Gasteiger partial charge in [-0.05, 0) is 18.2 Å². The highest BCUT2D eigenvalue weighted by Gasteiger charge is 2.33. The lowest BCUT2D eigenvalue weighted by Crippen LogP contribution is -2.36. The van der Waals surface area contributed by atoms with Crippen molar-refractivity contribution in [3.8, 4) is 0 Å². The molecule has 2 rings (SSSR count). The van der Waals surface area contributed by atoms with Gasteiger partial charge >= 0.3 is 6.18 Å². The second-order valence-corrected chi connectivity index (χ2v) is 5.58. The number of nitrogens with one attached hydrogen (secondary N) is 2. The number of rotatable bonds is 4. The summed E-state index contributed by atoms with van der Waals surface area (Å²) in [5, 5.41) is 6.66. The first-order chi connectivity index (χ1) is 11.3. The SMILES string of the molecule is CN=C(NCc1nc(C(F)(F)F)cs1)NCc1cc(F)ccc1F.I. The number of hydrogen-bond donors (Lipinski definition) is 2. The summed E-state index contributed by atoms with van der Waals surface area (Å²) in [7, 11) is 1.44. The Kier molecular flexibility index (Phi) is 7.99. The van der Waals surface area contributed by atoms with E-state index >= 15 is 0 Å². The molecule has 25 heavy (non-hydrogen) atoms. The molecule has 4 nitrogen and oxygen atoms in total. The standard InChI is InChI=1S/C14H13F5N4S.HI/c1-20-13(21-5-8-4-9(15)2-3-10(8)16)22-6-12-23-11(7-24-12)14(17,18)19;/h2-4,7H,5-6H2,1H3,(H2,20,21,22);1H. The Hall–Kier alpha value is -1.50. The Balaban J connectivity index is 0.00000312. The van der Waals surface area contributed by atoms with Crippen LogP contribution in [0, 0.1) is 11.6 Å². The van der Waals surface area contributed by atoms with E-state index in [2.05, 4.69) is 20.6 Å². The van der Waals surface area contributed by atoms with Gasteiger partial charge in [0.05, 0.1) is 6.54 Å². The van der Waals surface area contributed by atoms with Crippen LogP contribution in [-0.4, -0.2) is 18.0 Å². The molecule has 0 fully saturated rings. The lowest BCUT2D eigenvalue weighted by molar-refractivity contribution is -0.140. The number of hydrogen-bond acceptors (Lipinski definition) is 3. The number of benzene rings is 1. The van der Waals surface area contributed by atoms with Crippen LogP contribution in [0.15, 0.2) is 28.6 Å². The van der Waals surface area contributed by atoms with E-state index in [1.807, 2.05) is 0 Å². The average Bonchev–Trinajstić information content (AvgIpc) is 3.00. The van der Waals surface area contributed by atoms with Gasteiger partial charge in [0, 0.05) is 24.5 Å². The number of nitrogens with zero attached hydrogens (tertiary/aromatic N) is 2. The van der Waals surface area contributed by atoms with Gasteiger partial charge in [-0.25, -0.2) is 13.8 Å². The molecule has 0 amide bonds. The Morgan fingerprint density at radius 2 is 1.88 bits per heavy atom. The summed E-state index contributed by atoms with van der Waals surface area (Å²) in [6.45, 7) is -0.0129. The van der Waals surface area contributed by atoms with Crippen LogP contribution in [0.5, 0.6) is 0 Å². The van der Waals surface area contributed by atoms with Gasteiger partial charge in [-0.2, -0.15) is 13.2 Å². The lowest BCUT2D eigenvalue weighted by Gasteiger charge is -2.11. The second kappa shape index (κ2) is 9.27. The van der Waals surface area contributed by atoms with E-state index in [1.54, 1.807) is 0 Å². The predicted octanol–water partition coefficient (Wildman–Crippen LogP) is 3.92. The molecule has 1 heterocycles. The fourth-order valence-electron chi connectivity index (χ4n) is 1.76. The van der Waals surface area contributed by atoms with Crippen molar-refractivity contribution in [2.24, 2.45) is 4.99 Å². The molecule has 0 aliphatic carbocycles. The molecule has 0 unspecified atom stereocenters. The number of aromatic nitrogens is 1. The van der Waals surface area contributed by atoms with Gasteiger partial charge in [0.1, 0.15) is 16.6 Å². The summed E-state index contributed by atoms with van der Waals surface area (Å²) in [4.78, 5) is 7.33. The summed E-state index contributed by atoms with van der Waals surface area (Å²) in [5.74, 6) is -0.921. The van der Waals surface area contributed by atoms with Crippen molar-refractivity contribution < 1.29 is 22.0 Å². The molecule has 0 saturated heterocycles. The minimum atomic E-state index is -4.48. The molecular weight excluding hydrogens is 478 g/mol. The molecule has 0 saturated carbocycles. The van der Waals surface area contributed by atoms with E-state index < -0.39 is 23.5 Å². The predicted molar refractivity (Wildman–Crippen MR) is 95.9 cm³/mol. The highest BCUT2D eigenvalue weighted by Crippen LogP contribution is 2.29. The van der Waals surface area contributed by atoms with E-state index in [1.165, 1.54) is 7.05 Å². The first-order valence-corrected chi connectivity index (χ1v) is 7.57. The van der Waals surface area contributed by atoms with Crippen molar-refractivity contribution in [1.82, 2.24) is 15.6 Å². The molecule has 2 N–H and O–H groups in total. The Bertz CT molecular complexity index is 732. The van der Waals surface area contributed by atoms with E-state index in [0.717, 1.165) is 34.9 Å². The van der Waals surface area contributed by atoms with Crippen LogP contribution in [-0.2, 0) is 19.3 Å². The van der Waals surface area contributed by atoms with Crippen molar-refractivity contribution in [1.29, 1.82) is 0 Å². The summed E-state index contributed by atoms with van der Waals surface area (Å²) in [6, 6.07) is 3.06. The number of aliphatic imine (C=N–C) groups is 1. The van der Waals surface area contributed by atoms with Crippen molar-refractivity contribution in [2.45, 2.75) is 19.3 Å². The fourth-order valence-corrected chi connectivity index (χ4v) is 2.50. The maximum atomic E-state index is 13.5. The monoisotopic (exact) mass is 492 g/mol. The van der Waals surface area contributed by atoms with Crippen molar-refractivity contribution in [2.75, 3.05) is 7.05 Å². The van der Waals surface area contributed by atoms with Gasteiger partial charge in [-0.1, -0.05) is 0 Å². The minimum Gasteiger partial charge on any atom is -0.352 e. The smallest absolute Gasteiger partial charge is 0.352 e. The zero-order chi connectivity index (χ0) is 17.7. The van der Waals surface area contributed by atoms with Crippen LogP contribution in [0.1, 0.15) is 16.3 Å². The Labute approximate surface area is 161 Å². The number of alkyl halides is 3. The highest BCUT2D eigenvalue weighted by molar-refractivity contribution is 14.0. The fraction of sp³-hybridized carbons (Fsp3) is 0.286. The normalized spacial score (nSPS) is 11.8. The molecular formula is C14H14F5IN4S. The maximum Gasteiger partial charge on any atom is 0.434 e. The molecule has 0 aliphatic rings. The molecule has 0 aliphatic heterocycles. The molecule has 0 atom stereocenters.